The molecule has 0 radical (unpaired) electrons. The number of rotatable bonds is 12. The van der Waals surface area contributed by atoms with Crippen molar-refractivity contribution in [2.45, 2.75) is 39.0 Å². The third-order valence-corrected chi connectivity index (χ3v) is 6.76. The van der Waals surface area contributed by atoms with Crippen LogP contribution in [-0.2, 0) is 22.7 Å². The monoisotopic (exact) mass is 567 g/mol. The summed E-state index contributed by atoms with van der Waals surface area (Å²) in [4.78, 5) is 24.2. The number of hydrogen-bond donors (Lipinski definition) is 5. The van der Waals surface area contributed by atoms with Crippen LogP contribution in [0.15, 0.2) is 48.8 Å². The molecule has 0 spiro atoms. The molecule has 0 saturated carbocycles. The number of anilines is 4. The Kier molecular flexibility index (Phi) is 9.64. The van der Waals surface area contributed by atoms with Crippen LogP contribution >= 0.6 is 0 Å². The van der Waals surface area contributed by atoms with E-state index >= 15 is 0 Å². The molecule has 0 bridgehead atoms. The predicted octanol–water partition coefficient (Wildman–Crippen LogP) is 3.51. The SMILES string of the molecule is CCC(CO)NC(=O)c1cccc(Nc2ncc(C(F)(F)F)c(NCc3cccnc3NS(=O)(=O)CC)n2)c1. The predicted molar refractivity (Wildman–Crippen MR) is 140 cm³/mol. The summed E-state index contributed by atoms with van der Waals surface area (Å²) < 4.78 is 67.3. The summed E-state index contributed by atoms with van der Waals surface area (Å²) in [7, 11) is -3.67. The largest absolute Gasteiger partial charge is 0.421 e. The van der Waals surface area contributed by atoms with Crippen LogP contribution in [0.5, 0.6) is 0 Å². The van der Waals surface area contributed by atoms with Gasteiger partial charge >= 0.3 is 6.18 Å². The highest BCUT2D eigenvalue weighted by atomic mass is 32.2. The number of nitrogens with one attached hydrogen (secondary N) is 4. The van der Waals surface area contributed by atoms with Crippen LogP contribution in [0, 0.1) is 0 Å². The third-order valence-electron chi connectivity index (χ3n) is 5.49. The Balaban J connectivity index is 1.84. The fraction of sp³-hybridized carbons (Fsp3) is 0.333. The highest BCUT2D eigenvalue weighted by Gasteiger charge is 2.35. The minimum Gasteiger partial charge on any atom is -0.394 e. The van der Waals surface area contributed by atoms with Crippen LogP contribution in [0.2, 0.25) is 0 Å². The highest BCUT2D eigenvalue weighted by Crippen LogP contribution is 2.34. The number of amides is 1. The number of carbonyl (C=O) groups excluding carboxylic acids is 1. The van der Waals surface area contributed by atoms with E-state index in [1.54, 1.807) is 18.2 Å². The number of benzene rings is 1. The standard InChI is InChI=1S/C24H28F3N7O4S/c1-3-17(14-35)31-22(36)15-7-5-9-18(11-15)32-23-30-13-19(24(25,26)27)21(33-23)29-12-16-8-6-10-28-20(16)34-39(37,38)4-2/h5-11,13,17,35H,3-4,12,14H2,1-2H3,(H,28,34)(H,31,36)(H2,29,30,32,33). The number of aliphatic hydroxyl groups is 1. The molecule has 0 fully saturated rings. The zero-order valence-corrected chi connectivity index (χ0v) is 21.9. The summed E-state index contributed by atoms with van der Waals surface area (Å²) in [6.07, 6.45) is -2.28. The summed E-state index contributed by atoms with van der Waals surface area (Å²) in [5.41, 5.74) is -0.233. The van der Waals surface area contributed by atoms with E-state index in [1.807, 2.05) is 6.92 Å². The van der Waals surface area contributed by atoms with Crippen molar-refractivity contribution in [1.82, 2.24) is 20.3 Å². The molecule has 1 aromatic carbocycles. The summed E-state index contributed by atoms with van der Waals surface area (Å²) in [5.74, 6) is -1.38. The normalized spacial score (nSPS) is 12.5. The van der Waals surface area contributed by atoms with Crippen LogP contribution in [-0.4, -0.2) is 52.8 Å². The average Bonchev–Trinajstić information content (AvgIpc) is 2.90. The van der Waals surface area contributed by atoms with Crippen molar-refractivity contribution in [3.05, 3.63) is 65.5 Å². The van der Waals surface area contributed by atoms with Crippen LogP contribution in [0.4, 0.5) is 36.4 Å². The molecule has 15 heteroatoms. The van der Waals surface area contributed by atoms with Crippen molar-refractivity contribution in [2.24, 2.45) is 0 Å². The van der Waals surface area contributed by atoms with Gasteiger partial charge in [-0.25, -0.2) is 18.4 Å². The van der Waals surface area contributed by atoms with Gasteiger partial charge in [-0.15, -0.1) is 0 Å². The van der Waals surface area contributed by atoms with E-state index in [0.29, 0.717) is 23.9 Å². The zero-order valence-electron chi connectivity index (χ0n) is 21.1. The van der Waals surface area contributed by atoms with Crippen molar-refractivity contribution >= 4 is 39.2 Å². The molecule has 1 amide bonds. The number of alkyl halides is 3. The summed E-state index contributed by atoms with van der Waals surface area (Å²) in [5, 5.41) is 17.4. The Bertz CT molecular complexity index is 1400. The second-order valence-electron chi connectivity index (χ2n) is 8.29. The van der Waals surface area contributed by atoms with Gasteiger partial charge in [0.15, 0.2) is 0 Å². The second kappa shape index (κ2) is 12.7. The van der Waals surface area contributed by atoms with E-state index in [1.165, 1.54) is 31.3 Å². The molecule has 3 aromatic rings. The van der Waals surface area contributed by atoms with Crippen molar-refractivity contribution < 1.29 is 31.5 Å². The summed E-state index contributed by atoms with van der Waals surface area (Å²) in [6, 6.07) is 8.78. The first-order chi connectivity index (χ1) is 18.5. The van der Waals surface area contributed by atoms with Crippen LogP contribution in [0.3, 0.4) is 0 Å². The molecular weight excluding hydrogens is 539 g/mol. The van der Waals surface area contributed by atoms with Gasteiger partial charge in [-0.2, -0.15) is 18.2 Å². The number of hydrogen-bond acceptors (Lipinski definition) is 9. The molecule has 1 atom stereocenters. The molecule has 2 heterocycles. The Morgan fingerprint density at radius 3 is 2.54 bits per heavy atom. The van der Waals surface area contributed by atoms with Gasteiger partial charge in [-0.3, -0.25) is 9.52 Å². The van der Waals surface area contributed by atoms with Gasteiger partial charge in [0.1, 0.15) is 17.2 Å². The van der Waals surface area contributed by atoms with Gasteiger partial charge in [0.2, 0.25) is 16.0 Å². The molecule has 1 unspecified atom stereocenters. The molecule has 11 nitrogen and oxygen atoms in total. The maximum atomic E-state index is 13.7. The molecule has 5 N–H and O–H groups in total. The fourth-order valence-corrected chi connectivity index (χ4v) is 3.89. The number of halogens is 3. The zero-order chi connectivity index (χ0) is 28.6. The van der Waals surface area contributed by atoms with Gasteiger partial charge < -0.3 is 21.1 Å². The molecular formula is C24H28F3N7O4S. The summed E-state index contributed by atoms with van der Waals surface area (Å²) in [6.45, 7) is 2.80. The van der Waals surface area contributed by atoms with E-state index in [4.69, 9.17) is 0 Å². The maximum absolute atomic E-state index is 13.7. The molecule has 2 aromatic heterocycles. The molecule has 0 aliphatic carbocycles. The molecule has 0 aliphatic rings. The first kappa shape index (κ1) is 29.6. The topological polar surface area (TPSA) is 158 Å². The number of aliphatic hydroxyl groups excluding tert-OH is 1. The van der Waals surface area contributed by atoms with Crippen LogP contribution in [0.25, 0.3) is 0 Å². The van der Waals surface area contributed by atoms with Gasteiger partial charge in [0.25, 0.3) is 5.91 Å². The lowest BCUT2D eigenvalue weighted by Crippen LogP contribution is -2.36. The lowest BCUT2D eigenvalue weighted by atomic mass is 10.1. The minimum atomic E-state index is -4.77. The van der Waals surface area contributed by atoms with Gasteiger partial charge in [0.05, 0.1) is 18.4 Å². The number of aromatic nitrogens is 3. The van der Waals surface area contributed by atoms with E-state index < -0.39 is 39.5 Å². The van der Waals surface area contributed by atoms with E-state index in [0.717, 1.165) is 0 Å². The van der Waals surface area contributed by atoms with Crippen LogP contribution < -0.4 is 20.7 Å². The van der Waals surface area contributed by atoms with Crippen molar-refractivity contribution in [3.8, 4) is 0 Å². The first-order valence-corrected chi connectivity index (χ1v) is 13.5. The van der Waals surface area contributed by atoms with E-state index in [2.05, 4.69) is 35.6 Å². The number of pyridine rings is 1. The molecule has 0 aliphatic heterocycles. The first-order valence-electron chi connectivity index (χ1n) is 11.9. The Morgan fingerprint density at radius 2 is 1.87 bits per heavy atom. The van der Waals surface area contributed by atoms with Gasteiger partial charge in [0, 0.05) is 35.8 Å². The second-order valence-corrected chi connectivity index (χ2v) is 10.3. The van der Waals surface area contributed by atoms with Gasteiger partial charge in [-0.1, -0.05) is 19.1 Å². The average molecular weight is 568 g/mol. The Morgan fingerprint density at radius 1 is 1.10 bits per heavy atom. The highest BCUT2D eigenvalue weighted by molar-refractivity contribution is 7.92. The molecule has 3 rings (SSSR count). The lowest BCUT2D eigenvalue weighted by molar-refractivity contribution is -0.137. The minimum absolute atomic E-state index is 0.0191. The Labute approximate surface area is 223 Å². The van der Waals surface area contributed by atoms with Crippen molar-refractivity contribution in [1.29, 1.82) is 0 Å². The molecule has 39 heavy (non-hydrogen) atoms. The quantitative estimate of drug-likeness (QED) is 0.221. The van der Waals surface area contributed by atoms with E-state index in [9.17, 15) is 31.5 Å². The molecule has 0 saturated heterocycles. The van der Waals surface area contributed by atoms with Crippen molar-refractivity contribution in [3.63, 3.8) is 0 Å². The Hall–Kier alpha value is -3.98. The fourth-order valence-electron chi connectivity index (χ4n) is 3.27. The van der Waals surface area contributed by atoms with E-state index in [-0.39, 0.29) is 36.2 Å². The summed E-state index contributed by atoms with van der Waals surface area (Å²) >= 11 is 0. The number of sulfonamides is 1. The van der Waals surface area contributed by atoms with Crippen LogP contribution in [0.1, 0.15) is 41.8 Å². The third kappa shape index (κ3) is 8.25. The van der Waals surface area contributed by atoms with Gasteiger partial charge in [-0.05, 0) is 37.6 Å². The molecule has 210 valence electrons. The maximum Gasteiger partial charge on any atom is 0.421 e. The number of nitrogens with zero attached hydrogens (tertiary/aromatic N) is 3. The lowest BCUT2D eigenvalue weighted by Gasteiger charge is -2.16. The van der Waals surface area contributed by atoms with Crippen molar-refractivity contribution in [2.75, 3.05) is 27.7 Å². The smallest absolute Gasteiger partial charge is 0.394 e. The number of carbonyl (C=O) groups is 1.